The van der Waals surface area contributed by atoms with Crippen LogP contribution in [0, 0.1) is 0 Å². The van der Waals surface area contributed by atoms with E-state index >= 15 is 0 Å². The first-order valence-corrected chi connectivity index (χ1v) is 6.59. The minimum absolute atomic E-state index is 0.224. The first-order valence-electron chi connectivity index (χ1n) is 6.59. The van der Waals surface area contributed by atoms with Gasteiger partial charge >= 0.3 is 0 Å². The van der Waals surface area contributed by atoms with Crippen LogP contribution in [0.25, 0.3) is 0 Å². The number of rotatable bonds is 4. The summed E-state index contributed by atoms with van der Waals surface area (Å²) >= 11 is 0. The topological polar surface area (TPSA) is 35.6 Å². The van der Waals surface area contributed by atoms with Crippen LogP contribution in [0.5, 0.6) is 0 Å². The average molecular weight is 247 g/mol. The largest absolute Gasteiger partial charge is 0.362 e. The Balaban J connectivity index is 1.95. The fourth-order valence-corrected chi connectivity index (χ4v) is 2.20. The van der Waals surface area contributed by atoms with Crippen molar-refractivity contribution >= 4 is 11.6 Å². The van der Waals surface area contributed by atoms with Crippen molar-refractivity contribution in [2.75, 3.05) is 44.2 Å². The molecule has 0 unspecified atom stereocenters. The van der Waals surface area contributed by atoms with E-state index in [1.165, 1.54) is 0 Å². The average Bonchev–Trinajstić information content (AvgIpc) is 2.46. The summed E-state index contributed by atoms with van der Waals surface area (Å²) < 4.78 is 0. The van der Waals surface area contributed by atoms with E-state index in [0.29, 0.717) is 6.54 Å². The molecule has 1 amide bonds. The molecule has 98 valence electrons. The molecule has 1 saturated heterocycles. The summed E-state index contributed by atoms with van der Waals surface area (Å²) in [7, 11) is 0. The molecular weight excluding hydrogens is 226 g/mol. The van der Waals surface area contributed by atoms with Gasteiger partial charge in [0.1, 0.15) is 0 Å². The van der Waals surface area contributed by atoms with Gasteiger partial charge in [0.15, 0.2) is 0 Å². The lowest BCUT2D eigenvalue weighted by molar-refractivity contribution is -0.130. The lowest BCUT2D eigenvalue weighted by atomic mass is 10.2. The normalized spacial score (nSPS) is 15.5. The zero-order valence-corrected chi connectivity index (χ0v) is 10.9. The number of piperazine rings is 1. The number of hydrogen-bond acceptors (Lipinski definition) is 3. The molecule has 1 fully saturated rings. The Morgan fingerprint density at radius 3 is 2.56 bits per heavy atom. The summed E-state index contributed by atoms with van der Waals surface area (Å²) in [6.07, 6.45) is 0. The van der Waals surface area contributed by atoms with Crippen molar-refractivity contribution < 1.29 is 4.79 Å². The zero-order chi connectivity index (χ0) is 12.8. The molecule has 0 atom stereocenters. The lowest BCUT2D eigenvalue weighted by Crippen LogP contribution is -2.49. The molecule has 0 saturated carbocycles. The summed E-state index contributed by atoms with van der Waals surface area (Å²) in [6.45, 7) is 6.86. The number of carbonyl (C=O) groups is 1. The molecule has 1 aromatic carbocycles. The van der Waals surface area contributed by atoms with Crippen LogP contribution in [0.2, 0.25) is 0 Å². The highest BCUT2D eigenvalue weighted by Crippen LogP contribution is 2.12. The van der Waals surface area contributed by atoms with E-state index in [1.807, 2.05) is 23.1 Å². The number of anilines is 1. The van der Waals surface area contributed by atoms with Crippen molar-refractivity contribution in [3.63, 3.8) is 0 Å². The molecule has 1 heterocycles. The third kappa shape index (κ3) is 3.23. The highest BCUT2D eigenvalue weighted by Gasteiger charge is 2.18. The molecule has 1 aliphatic heterocycles. The Hall–Kier alpha value is -1.55. The number of para-hydroxylation sites is 1. The van der Waals surface area contributed by atoms with Gasteiger partial charge in [0.2, 0.25) is 5.91 Å². The van der Waals surface area contributed by atoms with Gasteiger partial charge < -0.3 is 15.1 Å². The second kappa shape index (κ2) is 6.40. The Bertz CT molecular complexity index is 374. The first-order chi connectivity index (χ1) is 8.81. The maximum Gasteiger partial charge on any atom is 0.242 e. The predicted molar refractivity (Wildman–Crippen MR) is 73.8 cm³/mol. The molecule has 0 bridgehead atoms. The SMILES string of the molecule is CCN(CC(=O)N1CCNCC1)c1ccccc1. The highest BCUT2D eigenvalue weighted by molar-refractivity contribution is 5.81. The third-order valence-electron chi connectivity index (χ3n) is 3.30. The maximum absolute atomic E-state index is 12.2. The molecule has 2 rings (SSSR count). The van der Waals surface area contributed by atoms with Gasteiger partial charge in [0.05, 0.1) is 6.54 Å². The monoisotopic (exact) mass is 247 g/mol. The Kier molecular flexibility index (Phi) is 4.59. The molecule has 0 radical (unpaired) electrons. The van der Waals surface area contributed by atoms with Crippen LogP contribution in [-0.2, 0) is 4.79 Å². The van der Waals surface area contributed by atoms with E-state index in [0.717, 1.165) is 38.4 Å². The molecule has 0 aliphatic carbocycles. The van der Waals surface area contributed by atoms with Crippen LogP contribution in [0.1, 0.15) is 6.92 Å². The molecule has 0 aromatic heterocycles. The first kappa shape index (κ1) is 12.9. The minimum Gasteiger partial charge on any atom is -0.362 e. The van der Waals surface area contributed by atoms with E-state index in [9.17, 15) is 4.79 Å². The second-order valence-corrected chi connectivity index (χ2v) is 4.48. The second-order valence-electron chi connectivity index (χ2n) is 4.48. The number of amides is 1. The zero-order valence-electron chi connectivity index (χ0n) is 10.9. The maximum atomic E-state index is 12.2. The van der Waals surface area contributed by atoms with Crippen molar-refractivity contribution in [2.24, 2.45) is 0 Å². The van der Waals surface area contributed by atoms with Crippen molar-refractivity contribution in [2.45, 2.75) is 6.92 Å². The van der Waals surface area contributed by atoms with Crippen molar-refractivity contribution in [3.8, 4) is 0 Å². The number of nitrogens with zero attached hydrogens (tertiary/aromatic N) is 2. The van der Waals surface area contributed by atoms with Gasteiger partial charge in [-0.15, -0.1) is 0 Å². The number of benzene rings is 1. The molecule has 1 aliphatic rings. The molecule has 4 nitrogen and oxygen atoms in total. The quantitative estimate of drug-likeness (QED) is 0.860. The minimum atomic E-state index is 0.224. The van der Waals surface area contributed by atoms with Gasteiger partial charge in [-0.1, -0.05) is 18.2 Å². The molecule has 1 N–H and O–H groups in total. The van der Waals surface area contributed by atoms with Crippen LogP contribution in [0.15, 0.2) is 30.3 Å². The van der Waals surface area contributed by atoms with E-state index < -0.39 is 0 Å². The van der Waals surface area contributed by atoms with Crippen LogP contribution in [-0.4, -0.2) is 50.1 Å². The number of likely N-dealkylation sites (N-methyl/N-ethyl adjacent to an activating group) is 1. The highest BCUT2D eigenvalue weighted by atomic mass is 16.2. The van der Waals surface area contributed by atoms with Crippen molar-refractivity contribution in [1.82, 2.24) is 10.2 Å². The van der Waals surface area contributed by atoms with Gasteiger partial charge in [0, 0.05) is 38.4 Å². The summed E-state index contributed by atoms with van der Waals surface area (Å²) in [6, 6.07) is 10.1. The Morgan fingerprint density at radius 1 is 1.28 bits per heavy atom. The van der Waals surface area contributed by atoms with E-state index in [-0.39, 0.29) is 5.91 Å². The van der Waals surface area contributed by atoms with Gasteiger partial charge in [-0.3, -0.25) is 4.79 Å². The number of nitrogens with one attached hydrogen (secondary N) is 1. The Labute approximate surface area is 109 Å². The van der Waals surface area contributed by atoms with Gasteiger partial charge in [-0.05, 0) is 19.1 Å². The number of carbonyl (C=O) groups excluding carboxylic acids is 1. The van der Waals surface area contributed by atoms with E-state index in [2.05, 4.69) is 29.3 Å². The summed E-state index contributed by atoms with van der Waals surface area (Å²) in [5.74, 6) is 0.224. The molecular formula is C14H21N3O. The van der Waals surface area contributed by atoms with Gasteiger partial charge in [0.25, 0.3) is 0 Å². The van der Waals surface area contributed by atoms with E-state index in [1.54, 1.807) is 0 Å². The standard InChI is InChI=1S/C14H21N3O/c1-2-16(13-6-4-3-5-7-13)12-14(18)17-10-8-15-9-11-17/h3-7,15H,2,8-12H2,1H3. The molecule has 4 heteroatoms. The lowest BCUT2D eigenvalue weighted by Gasteiger charge is -2.30. The number of hydrogen-bond donors (Lipinski definition) is 1. The van der Waals surface area contributed by atoms with Gasteiger partial charge in [-0.25, -0.2) is 0 Å². The van der Waals surface area contributed by atoms with Crippen molar-refractivity contribution in [3.05, 3.63) is 30.3 Å². The van der Waals surface area contributed by atoms with Crippen LogP contribution < -0.4 is 10.2 Å². The predicted octanol–water partition coefficient (Wildman–Crippen LogP) is 0.945. The van der Waals surface area contributed by atoms with Crippen molar-refractivity contribution in [1.29, 1.82) is 0 Å². The summed E-state index contributed by atoms with van der Waals surface area (Å²) in [5, 5.41) is 3.26. The fraction of sp³-hybridized carbons (Fsp3) is 0.500. The van der Waals surface area contributed by atoms with Crippen LogP contribution in [0.3, 0.4) is 0 Å². The molecule has 18 heavy (non-hydrogen) atoms. The molecule has 1 aromatic rings. The summed E-state index contributed by atoms with van der Waals surface area (Å²) in [5.41, 5.74) is 1.11. The fourth-order valence-electron chi connectivity index (χ4n) is 2.20. The molecule has 0 spiro atoms. The Morgan fingerprint density at radius 2 is 1.94 bits per heavy atom. The third-order valence-corrected chi connectivity index (χ3v) is 3.30. The van der Waals surface area contributed by atoms with Gasteiger partial charge in [-0.2, -0.15) is 0 Å². The van der Waals surface area contributed by atoms with Crippen LogP contribution in [0.4, 0.5) is 5.69 Å². The smallest absolute Gasteiger partial charge is 0.242 e. The summed E-state index contributed by atoms with van der Waals surface area (Å²) in [4.78, 5) is 16.3. The van der Waals surface area contributed by atoms with E-state index in [4.69, 9.17) is 0 Å². The van der Waals surface area contributed by atoms with Crippen LogP contribution >= 0.6 is 0 Å².